The predicted octanol–water partition coefficient (Wildman–Crippen LogP) is 6.63. The number of aryl methyl sites for hydroxylation is 1. The summed E-state index contributed by atoms with van der Waals surface area (Å²) < 4.78 is 0. The molecule has 150 valence electrons. The molecule has 3 nitrogen and oxygen atoms in total. The van der Waals surface area contributed by atoms with Gasteiger partial charge in [0.15, 0.2) is 5.75 Å². The number of benzene rings is 3. The summed E-state index contributed by atoms with van der Waals surface area (Å²) in [6, 6.07) is 24.3. The molecule has 0 spiro atoms. The summed E-state index contributed by atoms with van der Waals surface area (Å²) in [5.74, 6) is 5.43. The maximum absolute atomic E-state index is 4.87. The first-order valence-electron chi connectivity index (χ1n) is 9.73. The fraction of sp³-hybridized carbons (Fsp3) is 0.0370. The second-order valence-electron chi connectivity index (χ2n) is 6.76. The van der Waals surface area contributed by atoms with Crippen LogP contribution in [0.15, 0.2) is 97.1 Å². The zero-order chi connectivity index (χ0) is 21.0. The molecule has 3 aromatic rings. The van der Waals surface area contributed by atoms with E-state index in [4.69, 9.17) is 10.8 Å². The molecule has 3 rings (SSSR count). The van der Waals surface area contributed by atoms with Crippen molar-refractivity contribution in [1.82, 2.24) is 0 Å². The maximum Gasteiger partial charge on any atom is 0.167 e. The Morgan fingerprint density at radius 1 is 0.533 bits per heavy atom. The molecule has 0 radical (unpaired) electrons. The molecule has 0 saturated carbocycles. The molecule has 3 heteroatoms. The molecule has 0 aliphatic heterocycles. The number of hydrogen-bond donors (Lipinski definition) is 1. The van der Waals surface area contributed by atoms with Gasteiger partial charge in [-0.3, -0.25) is 0 Å². The lowest BCUT2D eigenvalue weighted by molar-refractivity contribution is -0.211. The summed E-state index contributed by atoms with van der Waals surface area (Å²) in [5.41, 5.74) is 5.85. The molecule has 0 aliphatic carbocycles. The SMILES string of the molecule is Cc1ccc(/C=C/C=C/c2ccc(/C=C/C=C/c3ccc(OON)cc3)cc2)cc1. The molecule has 0 atom stereocenters. The Labute approximate surface area is 178 Å². The van der Waals surface area contributed by atoms with Gasteiger partial charge in [-0.05, 0) is 41.3 Å². The van der Waals surface area contributed by atoms with E-state index >= 15 is 0 Å². The molecule has 2 N–H and O–H groups in total. The second-order valence-corrected chi connectivity index (χ2v) is 6.76. The van der Waals surface area contributed by atoms with Gasteiger partial charge in [-0.25, -0.2) is 0 Å². The summed E-state index contributed by atoms with van der Waals surface area (Å²) in [4.78, 5) is 8.88. The highest BCUT2D eigenvalue weighted by Crippen LogP contribution is 2.13. The minimum Gasteiger partial charge on any atom is -0.320 e. The monoisotopic (exact) mass is 395 g/mol. The van der Waals surface area contributed by atoms with Crippen LogP contribution in [0.4, 0.5) is 0 Å². The lowest BCUT2D eigenvalue weighted by Crippen LogP contribution is -2.02. The average Bonchev–Trinajstić information content (AvgIpc) is 2.78. The molecule has 0 aliphatic rings. The van der Waals surface area contributed by atoms with Crippen molar-refractivity contribution in [3.05, 3.63) is 125 Å². The minimum atomic E-state index is 0.560. The Hall–Kier alpha value is -3.66. The third-order valence-corrected chi connectivity index (χ3v) is 4.42. The highest BCUT2D eigenvalue weighted by molar-refractivity contribution is 5.61. The van der Waals surface area contributed by atoms with Crippen molar-refractivity contribution in [2.24, 2.45) is 5.90 Å². The van der Waals surface area contributed by atoms with E-state index in [1.165, 1.54) is 16.7 Å². The minimum absolute atomic E-state index is 0.560. The summed E-state index contributed by atoms with van der Waals surface area (Å²) >= 11 is 0. The summed E-state index contributed by atoms with van der Waals surface area (Å²) in [7, 11) is 0. The van der Waals surface area contributed by atoms with Crippen molar-refractivity contribution in [3.8, 4) is 5.75 Å². The van der Waals surface area contributed by atoms with Crippen LogP contribution in [0, 0.1) is 6.92 Å². The molecule has 0 amide bonds. The average molecular weight is 396 g/mol. The van der Waals surface area contributed by atoms with Crippen LogP contribution in [0.5, 0.6) is 5.75 Å². The Morgan fingerprint density at radius 2 is 0.867 bits per heavy atom. The van der Waals surface area contributed by atoms with Gasteiger partial charge < -0.3 is 4.89 Å². The van der Waals surface area contributed by atoms with Crippen molar-refractivity contribution in [2.45, 2.75) is 6.92 Å². The lowest BCUT2D eigenvalue weighted by atomic mass is 10.1. The van der Waals surface area contributed by atoms with Crippen LogP contribution in [-0.4, -0.2) is 0 Å². The number of nitrogens with two attached hydrogens (primary N) is 1. The van der Waals surface area contributed by atoms with E-state index in [9.17, 15) is 0 Å². The first-order chi connectivity index (χ1) is 14.7. The Morgan fingerprint density at radius 3 is 1.23 bits per heavy atom. The van der Waals surface area contributed by atoms with Crippen molar-refractivity contribution < 1.29 is 9.88 Å². The van der Waals surface area contributed by atoms with Gasteiger partial charge in [0.1, 0.15) is 0 Å². The molecule has 0 aromatic heterocycles. The van der Waals surface area contributed by atoms with E-state index in [0.717, 1.165) is 11.1 Å². The fourth-order valence-electron chi connectivity index (χ4n) is 2.75. The predicted molar refractivity (Wildman–Crippen MR) is 126 cm³/mol. The molecule has 0 fully saturated rings. The van der Waals surface area contributed by atoms with Gasteiger partial charge in [-0.2, -0.15) is 5.90 Å². The van der Waals surface area contributed by atoms with Crippen LogP contribution >= 0.6 is 0 Å². The highest BCUT2D eigenvalue weighted by atomic mass is 17.3. The number of rotatable bonds is 8. The quantitative estimate of drug-likeness (QED) is 0.264. The third-order valence-electron chi connectivity index (χ3n) is 4.42. The van der Waals surface area contributed by atoms with Crippen LogP contribution in [0.1, 0.15) is 27.8 Å². The second kappa shape index (κ2) is 11.4. The third kappa shape index (κ3) is 7.06. The van der Waals surface area contributed by atoms with Gasteiger partial charge in [-0.15, -0.1) is 0 Å². The first-order valence-corrected chi connectivity index (χ1v) is 9.73. The summed E-state index contributed by atoms with van der Waals surface area (Å²) in [5, 5.41) is 0. The zero-order valence-electron chi connectivity index (χ0n) is 16.9. The largest absolute Gasteiger partial charge is 0.320 e. The van der Waals surface area contributed by atoms with Gasteiger partial charge in [0.05, 0.1) is 0 Å². The van der Waals surface area contributed by atoms with E-state index in [0.29, 0.717) is 5.75 Å². The van der Waals surface area contributed by atoms with Gasteiger partial charge in [0, 0.05) is 0 Å². The molecule has 0 bridgehead atoms. The van der Waals surface area contributed by atoms with E-state index in [-0.39, 0.29) is 0 Å². The van der Waals surface area contributed by atoms with Crippen LogP contribution in [-0.2, 0) is 4.99 Å². The van der Waals surface area contributed by atoms with Crippen LogP contribution < -0.4 is 10.8 Å². The van der Waals surface area contributed by atoms with Gasteiger partial charge in [-0.1, -0.05) is 120 Å². The van der Waals surface area contributed by atoms with Crippen molar-refractivity contribution in [2.75, 3.05) is 0 Å². The smallest absolute Gasteiger partial charge is 0.167 e. The maximum atomic E-state index is 4.87. The van der Waals surface area contributed by atoms with Crippen LogP contribution in [0.2, 0.25) is 0 Å². The topological polar surface area (TPSA) is 44.5 Å². The van der Waals surface area contributed by atoms with E-state index < -0.39 is 0 Å². The van der Waals surface area contributed by atoms with Crippen molar-refractivity contribution in [3.63, 3.8) is 0 Å². The van der Waals surface area contributed by atoms with Gasteiger partial charge in [0.2, 0.25) is 0 Å². The Balaban J connectivity index is 1.50. The molecule has 30 heavy (non-hydrogen) atoms. The number of hydrogen-bond acceptors (Lipinski definition) is 3. The molecular formula is C27H25NO2. The molecule has 0 saturated heterocycles. The van der Waals surface area contributed by atoms with Gasteiger partial charge >= 0.3 is 0 Å². The normalized spacial score (nSPS) is 11.9. The molecule has 0 heterocycles. The Kier molecular flexibility index (Phi) is 7.98. The standard InChI is InChI=1S/C27H25NO2/c1-22-10-12-23(13-11-22)6-2-3-7-24-14-16-25(17-15-24)8-4-5-9-26-18-20-27(21-19-26)29-30-28/h2-21H,28H2,1H3/b6-2+,7-3+,8-4+,9-5+. The van der Waals surface area contributed by atoms with Gasteiger partial charge in [0.25, 0.3) is 0 Å². The van der Waals surface area contributed by atoms with Crippen LogP contribution in [0.25, 0.3) is 24.3 Å². The van der Waals surface area contributed by atoms with Crippen molar-refractivity contribution in [1.29, 1.82) is 0 Å². The molecule has 0 unspecified atom stereocenters. The first kappa shape index (κ1) is 21.1. The van der Waals surface area contributed by atoms with E-state index in [1.54, 1.807) is 12.1 Å². The fourth-order valence-corrected chi connectivity index (χ4v) is 2.75. The summed E-state index contributed by atoms with van der Waals surface area (Å²) in [6.45, 7) is 2.09. The van der Waals surface area contributed by atoms with Crippen molar-refractivity contribution >= 4 is 24.3 Å². The summed E-state index contributed by atoms with van der Waals surface area (Å²) in [6.07, 6.45) is 16.4. The highest BCUT2D eigenvalue weighted by Gasteiger charge is 1.92. The zero-order valence-corrected chi connectivity index (χ0v) is 16.9. The van der Waals surface area contributed by atoms with Crippen LogP contribution in [0.3, 0.4) is 0 Å². The van der Waals surface area contributed by atoms with E-state index in [1.807, 2.05) is 30.4 Å². The lowest BCUT2D eigenvalue weighted by Gasteiger charge is -1.99. The Bertz CT molecular complexity index is 1030. The molecule has 3 aromatic carbocycles. The number of allylic oxidation sites excluding steroid dienone is 4. The molecular weight excluding hydrogens is 370 g/mol. The van der Waals surface area contributed by atoms with E-state index in [2.05, 4.69) is 90.8 Å².